The average Bonchev–Trinajstić information content (AvgIpc) is 2.55. The minimum Gasteiger partial charge on any atom is -0.332 e. The smallest absolute Gasteiger partial charge is 0.258 e. The summed E-state index contributed by atoms with van der Waals surface area (Å²) in [6.07, 6.45) is 1.73. The van der Waals surface area contributed by atoms with Gasteiger partial charge in [0.05, 0.1) is 16.1 Å². The van der Waals surface area contributed by atoms with Crippen molar-refractivity contribution in [2.24, 2.45) is 0 Å². The lowest BCUT2D eigenvalue weighted by molar-refractivity contribution is 0.0978. The van der Waals surface area contributed by atoms with Crippen molar-refractivity contribution in [2.75, 3.05) is 5.32 Å². The number of aryl methyl sites for hydroxylation is 1. The predicted octanol–water partition coefficient (Wildman–Crippen LogP) is 4.32. The van der Waals surface area contributed by atoms with Gasteiger partial charge < -0.3 is 5.32 Å². The van der Waals surface area contributed by atoms with E-state index in [9.17, 15) is 4.79 Å². The second-order valence-electron chi connectivity index (χ2n) is 5.27. The number of thiocarbonyl (C=S) groups is 1. The third-order valence-corrected chi connectivity index (χ3v) is 4.01. The van der Waals surface area contributed by atoms with Crippen molar-refractivity contribution in [2.45, 2.75) is 6.92 Å². The number of hydrogen-bond donors (Lipinski definition) is 2. The summed E-state index contributed by atoms with van der Waals surface area (Å²) in [4.78, 5) is 16.6. The van der Waals surface area contributed by atoms with E-state index in [1.807, 2.05) is 43.3 Å². The van der Waals surface area contributed by atoms with Crippen LogP contribution in [0.2, 0.25) is 5.02 Å². The SMILES string of the molecule is Cc1ccc(C(=O)NC(=S)Nc2cccc3ncccc23)c(Cl)c1. The van der Waals surface area contributed by atoms with Gasteiger partial charge in [0.25, 0.3) is 5.91 Å². The third-order valence-electron chi connectivity index (χ3n) is 3.49. The Bertz CT molecular complexity index is 937. The molecule has 2 N–H and O–H groups in total. The van der Waals surface area contributed by atoms with Gasteiger partial charge in [-0.3, -0.25) is 15.1 Å². The highest BCUT2D eigenvalue weighted by Gasteiger charge is 2.12. The minimum absolute atomic E-state index is 0.202. The first kappa shape index (κ1) is 16.4. The molecule has 0 atom stereocenters. The van der Waals surface area contributed by atoms with E-state index in [0.29, 0.717) is 10.6 Å². The van der Waals surface area contributed by atoms with E-state index in [1.54, 1.807) is 18.3 Å². The van der Waals surface area contributed by atoms with Crippen molar-refractivity contribution in [3.8, 4) is 0 Å². The van der Waals surface area contributed by atoms with E-state index < -0.39 is 0 Å². The first-order valence-corrected chi connectivity index (χ1v) is 8.05. The fraction of sp³-hybridized carbons (Fsp3) is 0.0556. The molecule has 4 nitrogen and oxygen atoms in total. The number of rotatable bonds is 2. The van der Waals surface area contributed by atoms with E-state index in [1.165, 1.54) is 0 Å². The van der Waals surface area contributed by atoms with Gasteiger partial charge in [-0.1, -0.05) is 23.7 Å². The molecule has 0 aliphatic carbocycles. The Morgan fingerprint density at radius 2 is 2.00 bits per heavy atom. The van der Waals surface area contributed by atoms with Gasteiger partial charge in [-0.05, 0) is 61.1 Å². The largest absolute Gasteiger partial charge is 0.332 e. The lowest BCUT2D eigenvalue weighted by atomic mass is 10.1. The summed E-state index contributed by atoms with van der Waals surface area (Å²) in [5, 5.41) is 7.20. The molecule has 3 aromatic rings. The molecule has 0 bridgehead atoms. The van der Waals surface area contributed by atoms with Crippen LogP contribution in [-0.4, -0.2) is 16.0 Å². The minimum atomic E-state index is -0.351. The molecular formula is C18H14ClN3OS. The number of amides is 1. The maximum atomic E-state index is 12.3. The summed E-state index contributed by atoms with van der Waals surface area (Å²) in [5.41, 5.74) is 2.99. The molecule has 0 radical (unpaired) electrons. The number of benzene rings is 2. The summed E-state index contributed by atoms with van der Waals surface area (Å²) < 4.78 is 0. The Hall–Kier alpha value is -2.50. The number of nitrogens with zero attached hydrogens (tertiary/aromatic N) is 1. The van der Waals surface area contributed by atoms with Gasteiger partial charge in [-0.2, -0.15) is 0 Å². The summed E-state index contributed by atoms with van der Waals surface area (Å²) >= 11 is 11.4. The van der Waals surface area contributed by atoms with Crippen molar-refractivity contribution in [1.29, 1.82) is 0 Å². The monoisotopic (exact) mass is 355 g/mol. The van der Waals surface area contributed by atoms with Crippen molar-refractivity contribution >= 4 is 51.4 Å². The Morgan fingerprint density at radius 1 is 1.17 bits per heavy atom. The molecule has 0 unspecified atom stereocenters. The molecule has 6 heteroatoms. The van der Waals surface area contributed by atoms with Gasteiger partial charge in [0.1, 0.15) is 0 Å². The van der Waals surface area contributed by atoms with Crippen LogP contribution in [0, 0.1) is 6.92 Å². The van der Waals surface area contributed by atoms with Crippen molar-refractivity contribution in [3.63, 3.8) is 0 Å². The number of nitrogens with one attached hydrogen (secondary N) is 2. The van der Waals surface area contributed by atoms with Crippen molar-refractivity contribution in [1.82, 2.24) is 10.3 Å². The van der Waals surface area contributed by atoms with Gasteiger partial charge >= 0.3 is 0 Å². The number of halogens is 1. The molecule has 120 valence electrons. The first-order valence-electron chi connectivity index (χ1n) is 7.27. The van der Waals surface area contributed by atoms with Crippen LogP contribution in [0.5, 0.6) is 0 Å². The van der Waals surface area contributed by atoms with E-state index >= 15 is 0 Å². The van der Waals surface area contributed by atoms with Crippen LogP contribution in [0.15, 0.2) is 54.7 Å². The molecule has 1 aromatic heterocycles. The maximum Gasteiger partial charge on any atom is 0.258 e. The zero-order valence-electron chi connectivity index (χ0n) is 12.8. The fourth-order valence-electron chi connectivity index (χ4n) is 2.34. The maximum absolute atomic E-state index is 12.3. The van der Waals surface area contributed by atoms with Crippen LogP contribution in [0.4, 0.5) is 5.69 Å². The van der Waals surface area contributed by atoms with Crippen LogP contribution in [0.1, 0.15) is 15.9 Å². The van der Waals surface area contributed by atoms with Crippen LogP contribution in [0.25, 0.3) is 10.9 Å². The number of aromatic nitrogens is 1. The quantitative estimate of drug-likeness (QED) is 0.672. The topological polar surface area (TPSA) is 54.0 Å². The van der Waals surface area contributed by atoms with Crippen LogP contribution in [-0.2, 0) is 0 Å². The molecular weight excluding hydrogens is 342 g/mol. The first-order chi connectivity index (χ1) is 11.5. The Kier molecular flexibility index (Phi) is 4.74. The lowest BCUT2D eigenvalue weighted by Gasteiger charge is -2.12. The summed E-state index contributed by atoms with van der Waals surface area (Å²) in [5.74, 6) is -0.351. The van der Waals surface area contributed by atoms with Crippen LogP contribution in [0.3, 0.4) is 0 Å². The highest BCUT2D eigenvalue weighted by atomic mass is 35.5. The van der Waals surface area contributed by atoms with Gasteiger partial charge in [-0.15, -0.1) is 0 Å². The van der Waals surface area contributed by atoms with Crippen molar-refractivity contribution < 1.29 is 4.79 Å². The van der Waals surface area contributed by atoms with Gasteiger partial charge in [0.15, 0.2) is 5.11 Å². The summed E-state index contributed by atoms with van der Waals surface area (Å²) in [6, 6.07) is 14.7. The Labute approximate surface area is 149 Å². The van der Waals surface area contributed by atoms with Crippen molar-refractivity contribution in [3.05, 3.63) is 70.9 Å². The molecule has 2 aromatic carbocycles. The number of carbonyl (C=O) groups excluding carboxylic acids is 1. The van der Waals surface area contributed by atoms with E-state index in [4.69, 9.17) is 23.8 Å². The Morgan fingerprint density at radius 3 is 2.79 bits per heavy atom. The van der Waals surface area contributed by atoms with Gasteiger partial charge in [-0.25, -0.2) is 0 Å². The normalized spacial score (nSPS) is 10.4. The van der Waals surface area contributed by atoms with Crippen LogP contribution < -0.4 is 10.6 Å². The molecule has 0 saturated carbocycles. The molecule has 0 fully saturated rings. The number of hydrogen-bond acceptors (Lipinski definition) is 3. The molecule has 0 spiro atoms. The molecule has 0 aliphatic rings. The molecule has 24 heavy (non-hydrogen) atoms. The second-order valence-corrected chi connectivity index (χ2v) is 6.08. The number of pyridine rings is 1. The predicted molar refractivity (Wildman–Crippen MR) is 102 cm³/mol. The zero-order valence-corrected chi connectivity index (χ0v) is 14.4. The lowest BCUT2D eigenvalue weighted by Crippen LogP contribution is -2.34. The van der Waals surface area contributed by atoms with Gasteiger partial charge in [0.2, 0.25) is 0 Å². The standard InChI is InChI=1S/C18H14ClN3OS/c1-11-7-8-12(14(19)10-11)17(23)22-18(24)21-16-6-2-5-15-13(16)4-3-9-20-15/h2-10H,1H3,(H2,21,22,23,24). The molecule has 1 amide bonds. The molecule has 0 aliphatic heterocycles. The molecule has 1 heterocycles. The molecule has 0 saturated heterocycles. The highest BCUT2D eigenvalue weighted by Crippen LogP contribution is 2.21. The number of fused-ring (bicyclic) bond motifs is 1. The molecule has 3 rings (SSSR count). The number of carbonyl (C=O) groups is 1. The second kappa shape index (κ2) is 6.95. The number of anilines is 1. The van der Waals surface area contributed by atoms with Gasteiger partial charge in [0, 0.05) is 17.3 Å². The fourth-order valence-corrected chi connectivity index (χ4v) is 2.86. The van der Waals surface area contributed by atoms with E-state index in [-0.39, 0.29) is 11.0 Å². The van der Waals surface area contributed by atoms with E-state index in [0.717, 1.165) is 22.2 Å². The third kappa shape index (κ3) is 3.53. The summed E-state index contributed by atoms with van der Waals surface area (Å²) in [7, 11) is 0. The zero-order chi connectivity index (χ0) is 17.1. The summed E-state index contributed by atoms with van der Waals surface area (Å²) in [6.45, 7) is 1.91. The van der Waals surface area contributed by atoms with Crippen LogP contribution >= 0.6 is 23.8 Å². The van der Waals surface area contributed by atoms with E-state index in [2.05, 4.69) is 15.6 Å². The average molecular weight is 356 g/mol. The Balaban J connectivity index is 1.76. The highest BCUT2D eigenvalue weighted by molar-refractivity contribution is 7.80.